The van der Waals surface area contributed by atoms with Crippen LogP contribution in [0.4, 0.5) is 0 Å². The molecule has 5 fully saturated rings. The molecule has 15 nitrogen and oxygen atoms in total. The van der Waals surface area contributed by atoms with Gasteiger partial charge in [-0.2, -0.15) is 0 Å². The number of carbonyl (C=O) groups is 2. The monoisotopic (exact) mass is 608 g/mol. The molecule has 6 aliphatic heterocycles. The molecular weight excluding hydrogens is 564 g/mol. The zero-order chi connectivity index (χ0) is 30.6. The predicted octanol–water partition coefficient (Wildman–Crippen LogP) is 1.55. The van der Waals surface area contributed by atoms with Gasteiger partial charge in [-0.1, -0.05) is 0 Å². The highest BCUT2D eigenvalue weighted by Gasteiger charge is 2.49. The van der Waals surface area contributed by atoms with Crippen LogP contribution in [0.2, 0.25) is 0 Å². The lowest BCUT2D eigenvalue weighted by Gasteiger charge is -2.41. The van der Waals surface area contributed by atoms with E-state index >= 15 is 0 Å². The van der Waals surface area contributed by atoms with E-state index in [0.717, 1.165) is 122 Å². The first-order valence-corrected chi connectivity index (χ1v) is 15.3. The van der Waals surface area contributed by atoms with Crippen LogP contribution in [0, 0.1) is 32.1 Å². The summed E-state index contributed by atoms with van der Waals surface area (Å²) >= 11 is 0. The number of hydrogen-bond donors (Lipinski definition) is 1. The highest BCUT2D eigenvalue weighted by Crippen LogP contribution is 2.39. The molecule has 6 aliphatic rings. The van der Waals surface area contributed by atoms with Crippen molar-refractivity contribution in [2.24, 2.45) is 11.8 Å². The third kappa shape index (κ3) is 9.10. The number of ether oxygens (including phenoxy) is 3. The van der Waals surface area contributed by atoms with Crippen molar-refractivity contribution in [1.82, 2.24) is 20.0 Å². The molecule has 2 unspecified atom stereocenters. The van der Waals surface area contributed by atoms with E-state index in [1.807, 2.05) is 4.90 Å². The SMILES string of the molecule is O=CCCCC=O.O=[N+]([O-])/C=C1\NCCN1CC1CCOC1.O=[N+]([O-])C1=C2N(CC3CCOC3)CCN2[C@H]2CCC[C@@H]1O2. The molecule has 0 aliphatic carbocycles. The number of fused-ring (bicyclic) bond motifs is 4. The predicted molar refractivity (Wildman–Crippen MR) is 153 cm³/mol. The van der Waals surface area contributed by atoms with Gasteiger partial charge in [-0.25, -0.2) is 0 Å². The molecule has 1 N–H and O–H groups in total. The van der Waals surface area contributed by atoms with Gasteiger partial charge in [0.25, 0.3) is 6.20 Å². The number of hydrogen-bond acceptors (Lipinski definition) is 13. The van der Waals surface area contributed by atoms with E-state index in [0.29, 0.717) is 36.9 Å². The molecule has 6 rings (SSSR count). The second-order valence-electron chi connectivity index (χ2n) is 11.5. The third-order valence-electron chi connectivity index (χ3n) is 8.40. The van der Waals surface area contributed by atoms with Crippen LogP contribution in [0.5, 0.6) is 0 Å². The van der Waals surface area contributed by atoms with E-state index < -0.39 is 4.92 Å². The summed E-state index contributed by atoms with van der Waals surface area (Å²) in [5.41, 5.74) is 0.280. The molecule has 43 heavy (non-hydrogen) atoms. The molecule has 0 spiro atoms. The fourth-order valence-corrected chi connectivity index (χ4v) is 6.30. The van der Waals surface area contributed by atoms with Gasteiger partial charge in [-0.05, 0) is 38.5 Å². The van der Waals surface area contributed by atoms with Gasteiger partial charge in [0.1, 0.15) is 18.8 Å². The van der Waals surface area contributed by atoms with E-state index in [-0.39, 0.29) is 23.0 Å². The standard InChI is InChI=1S/C14H21N3O4.C9H15N3O3.C5H8O2/c18-17(19)13-11-2-1-3-12(21-11)16-6-5-15(14(13)16)8-10-4-7-20-9-10;13-12(14)6-9-10-2-3-11(9)5-8-1-4-15-7-8;6-4-2-1-3-5-7/h10-12H,1-9H2;6,8,10H,1-5,7H2;4-5H,1-3H2/b;9-6+;/t10?,11-,12+;;/m0../s1. The van der Waals surface area contributed by atoms with Crippen molar-refractivity contribution in [3.8, 4) is 0 Å². The van der Waals surface area contributed by atoms with Crippen LogP contribution in [0.1, 0.15) is 51.4 Å². The number of nitro groups is 2. The van der Waals surface area contributed by atoms with Crippen LogP contribution in [-0.2, 0) is 23.8 Å². The van der Waals surface area contributed by atoms with E-state index in [2.05, 4.69) is 15.1 Å². The van der Waals surface area contributed by atoms with E-state index in [1.165, 1.54) is 0 Å². The lowest BCUT2D eigenvalue weighted by molar-refractivity contribution is -0.448. The van der Waals surface area contributed by atoms with Gasteiger partial charge in [0, 0.05) is 77.2 Å². The van der Waals surface area contributed by atoms with Gasteiger partial charge in [0.05, 0.1) is 23.1 Å². The van der Waals surface area contributed by atoms with E-state index in [4.69, 9.17) is 14.2 Å². The summed E-state index contributed by atoms with van der Waals surface area (Å²) in [6, 6.07) is 0. The van der Waals surface area contributed by atoms with Gasteiger partial charge in [-0.3, -0.25) is 20.2 Å². The second-order valence-corrected chi connectivity index (χ2v) is 11.5. The molecule has 6 heterocycles. The van der Waals surface area contributed by atoms with Crippen molar-refractivity contribution < 1.29 is 33.6 Å². The van der Waals surface area contributed by atoms with Gasteiger partial charge in [0.15, 0.2) is 17.7 Å². The normalized spacial score (nSPS) is 28.5. The average molecular weight is 609 g/mol. The summed E-state index contributed by atoms with van der Waals surface area (Å²) < 4.78 is 16.6. The Kier molecular flexibility index (Phi) is 12.5. The molecule has 0 aromatic carbocycles. The number of unbranched alkanes of at least 4 members (excludes halogenated alkanes) is 2. The summed E-state index contributed by atoms with van der Waals surface area (Å²) in [5.74, 6) is 2.47. The van der Waals surface area contributed by atoms with E-state index in [1.54, 1.807) is 0 Å². The molecule has 0 amide bonds. The minimum Gasteiger partial charge on any atom is -0.381 e. The lowest BCUT2D eigenvalue weighted by atomic mass is 10.0. The minimum absolute atomic E-state index is 0.0345. The number of rotatable bonds is 10. The Morgan fingerprint density at radius 3 is 2.14 bits per heavy atom. The van der Waals surface area contributed by atoms with Crippen molar-refractivity contribution >= 4 is 12.6 Å². The first kappa shape index (κ1) is 32.6. The molecule has 0 aromatic rings. The zero-order valence-electron chi connectivity index (χ0n) is 24.7. The van der Waals surface area contributed by atoms with Crippen molar-refractivity contribution in [2.45, 2.75) is 63.7 Å². The third-order valence-corrected chi connectivity index (χ3v) is 8.40. The average Bonchev–Trinajstić information content (AvgIpc) is 3.81. The Labute approximate surface area is 251 Å². The van der Waals surface area contributed by atoms with Crippen LogP contribution < -0.4 is 5.32 Å². The summed E-state index contributed by atoms with van der Waals surface area (Å²) in [5, 5.41) is 25.0. The van der Waals surface area contributed by atoms with Crippen molar-refractivity contribution in [1.29, 1.82) is 0 Å². The minimum atomic E-state index is -0.411. The van der Waals surface area contributed by atoms with Crippen molar-refractivity contribution in [2.75, 3.05) is 65.7 Å². The van der Waals surface area contributed by atoms with Gasteiger partial charge < -0.3 is 43.8 Å². The van der Waals surface area contributed by atoms with Gasteiger partial charge in [0.2, 0.25) is 0 Å². The van der Waals surface area contributed by atoms with Gasteiger partial charge in [-0.15, -0.1) is 0 Å². The maximum atomic E-state index is 11.6. The molecule has 2 bridgehead atoms. The topological polar surface area (TPSA) is 170 Å². The fraction of sp³-hybridized carbons (Fsp3) is 0.786. The Balaban J connectivity index is 0.000000168. The summed E-state index contributed by atoms with van der Waals surface area (Å²) in [4.78, 5) is 46.8. The van der Waals surface area contributed by atoms with Gasteiger partial charge >= 0.3 is 5.70 Å². The molecule has 0 radical (unpaired) electrons. The molecule has 5 saturated heterocycles. The maximum absolute atomic E-state index is 11.6. The number of carbonyl (C=O) groups excluding carboxylic acids is 2. The van der Waals surface area contributed by atoms with Crippen LogP contribution >= 0.6 is 0 Å². The van der Waals surface area contributed by atoms with Crippen LogP contribution in [0.15, 0.2) is 23.5 Å². The molecule has 15 heteroatoms. The number of aldehydes is 2. The zero-order valence-corrected chi connectivity index (χ0v) is 24.7. The molecule has 0 saturated carbocycles. The highest BCUT2D eigenvalue weighted by atomic mass is 16.6. The first-order valence-electron chi connectivity index (χ1n) is 15.3. The van der Waals surface area contributed by atoms with Crippen molar-refractivity contribution in [3.63, 3.8) is 0 Å². The Hall–Kier alpha value is -3.30. The summed E-state index contributed by atoms with van der Waals surface area (Å²) in [6.45, 7) is 8.23. The molecule has 0 aromatic heterocycles. The maximum Gasteiger partial charge on any atom is 0.314 e. The first-order chi connectivity index (χ1) is 20.9. The van der Waals surface area contributed by atoms with Crippen molar-refractivity contribution in [3.05, 3.63) is 43.8 Å². The quantitative estimate of drug-likeness (QED) is 0.164. The van der Waals surface area contributed by atoms with E-state index in [9.17, 15) is 29.8 Å². The summed E-state index contributed by atoms with van der Waals surface area (Å²) in [6.07, 6.45) is 8.99. The van der Waals surface area contributed by atoms with Crippen LogP contribution in [0.25, 0.3) is 0 Å². The fourth-order valence-electron chi connectivity index (χ4n) is 6.30. The molecule has 4 atom stereocenters. The Morgan fingerprint density at radius 1 is 0.884 bits per heavy atom. The lowest BCUT2D eigenvalue weighted by Crippen LogP contribution is -2.49. The number of nitrogens with zero attached hydrogens (tertiary/aromatic N) is 5. The summed E-state index contributed by atoms with van der Waals surface area (Å²) in [7, 11) is 0. The van der Waals surface area contributed by atoms with Crippen LogP contribution in [0.3, 0.4) is 0 Å². The smallest absolute Gasteiger partial charge is 0.314 e. The molecule has 240 valence electrons. The highest BCUT2D eigenvalue weighted by molar-refractivity contribution is 5.52. The molecular formula is C28H44N6O9. The largest absolute Gasteiger partial charge is 0.381 e. The number of nitrogens with one attached hydrogen (secondary N) is 1. The second kappa shape index (κ2) is 16.5. The Bertz CT molecular complexity index is 1020. The Morgan fingerprint density at radius 2 is 1.56 bits per heavy atom. The van der Waals surface area contributed by atoms with Crippen LogP contribution in [-0.4, -0.2) is 115 Å².